The van der Waals surface area contributed by atoms with Crippen LogP contribution in [-0.4, -0.2) is 22.1 Å². The van der Waals surface area contributed by atoms with E-state index in [9.17, 15) is 10.1 Å². The smallest absolute Gasteiger partial charge is 0.312 e. The fourth-order valence-electron chi connectivity index (χ4n) is 1.08. The summed E-state index contributed by atoms with van der Waals surface area (Å²) in [5.41, 5.74) is 5.13. The van der Waals surface area contributed by atoms with Gasteiger partial charge in [0.25, 0.3) is 0 Å². The molecule has 0 spiro atoms. The topological polar surface area (TPSA) is 111 Å². The number of para-hydroxylation sites is 1. The molecule has 7 nitrogen and oxygen atoms in total. The van der Waals surface area contributed by atoms with Crippen molar-refractivity contribution >= 4 is 27.5 Å². The molecule has 1 rings (SSSR count). The minimum Gasteiger partial charge on any atom is -0.475 e. The van der Waals surface area contributed by atoms with Crippen molar-refractivity contribution in [2.45, 2.75) is 13.0 Å². The first-order valence-electron chi connectivity index (χ1n) is 4.54. The standard InChI is InChI=1S/C9H10BrN3O4/c1-5(9(11)12-14)17-8-6(10)3-2-4-7(8)13(15)16/h2-5,14H,1H3,(H2,11,12). The number of oxime groups is 1. The molecule has 0 radical (unpaired) electrons. The van der Waals surface area contributed by atoms with Crippen LogP contribution in [0.2, 0.25) is 0 Å². The fourth-order valence-corrected chi connectivity index (χ4v) is 1.53. The lowest BCUT2D eigenvalue weighted by Gasteiger charge is -2.14. The molecule has 0 heterocycles. The van der Waals surface area contributed by atoms with E-state index in [1.165, 1.54) is 19.1 Å². The van der Waals surface area contributed by atoms with Crippen LogP contribution in [0.5, 0.6) is 5.75 Å². The summed E-state index contributed by atoms with van der Waals surface area (Å²) in [6.45, 7) is 1.51. The average Bonchev–Trinajstić information content (AvgIpc) is 2.30. The van der Waals surface area contributed by atoms with E-state index >= 15 is 0 Å². The second-order valence-electron chi connectivity index (χ2n) is 3.13. The van der Waals surface area contributed by atoms with Gasteiger partial charge < -0.3 is 15.7 Å². The first-order valence-corrected chi connectivity index (χ1v) is 5.33. The first kappa shape index (κ1) is 13.2. The van der Waals surface area contributed by atoms with E-state index in [1.54, 1.807) is 6.07 Å². The van der Waals surface area contributed by atoms with Crippen LogP contribution in [0.1, 0.15) is 6.92 Å². The van der Waals surface area contributed by atoms with Crippen molar-refractivity contribution in [3.8, 4) is 5.75 Å². The van der Waals surface area contributed by atoms with E-state index in [4.69, 9.17) is 15.7 Å². The summed E-state index contributed by atoms with van der Waals surface area (Å²) >= 11 is 3.14. The Hall–Kier alpha value is -1.83. The van der Waals surface area contributed by atoms with Crippen molar-refractivity contribution in [2.75, 3.05) is 0 Å². The Morgan fingerprint density at radius 2 is 2.35 bits per heavy atom. The van der Waals surface area contributed by atoms with Gasteiger partial charge in [-0.3, -0.25) is 10.1 Å². The third-order valence-corrected chi connectivity index (χ3v) is 2.59. The number of ether oxygens (including phenoxy) is 1. The lowest BCUT2D eigenvalue weighted by molar-refractivity contribution is -0.386. The molecule has 1 unspecified atom stereocenters. The van der Waals surface area contributed by atoms with Gasteiger partial charge in [-0.2, -0.15) is 0 Å². The van der Waals surface area contributed by atoms with Crippen LogP contribution >= 0.6 is 15.9 Å². The van der Waals surface area contributed by atoms with Gasteiger partial charge in [0, 0.05) is 6.07 Å². The van der Waals surface area contributed by atoms with Gasteiger partial charge in [0.15, 0.2) is 11.9 Å². The molecule has 0 aliphatic heterocycles. The number of nitrogens with two attached hydrogens (primary N) is 1. The van der Waals surface area contributed by atoms with Gasteiger partial charge in [0.1, 0.15) is 0 Å². The van der Waals surface area contributed by atoms with Gasteiger partial charge >= 0.3 is 5.69 Å². The zero-order chi connectivity index (χ0) is 13.0. The molecule has 0 saturated carbocycles. The average molecular weight is 304 g/mol. The van der Waals surface area contributed by atoms with Crippen LogP contribution in [0.25, 0.3) is 0 Å². The molecule has 0 aromatic heterocycles. The normalized spacial score (nSPS) is 13.2. The van der Waals surface area contributed by atoms with Crippen LogP contribution in [0.4, 0.5) is 5.69 Å². The van der Waals surface area contributed by atoms with Gasteiger partial charge in [-0.15, -0.1) is 0 Å². The number of benzene rings is 1. The minimum atomic E-state index is -0.780. The predicted octanol–water partition coefficient (Wildman–Crippen LogP) is 1.87. The molecule has 8 heteroatoms. The summed E-state index contributed by atoms with van der Waals surface area (Å²) < 4.78 is 5.71. The summed E-state index contributed by atoms with van der Waals surface area (Å²) in [6.07, 6.45) is -0.780. The Balaban J connectivity index is 3.09. The van der Waals surface area contributed by atoms with Crippen LogP contribution in [-0.2, 0) is 0 Å². The largest absolute Gasteiger partial charge is 0.475 e. The van der Waals surface area contributed by atoms with Crippen LogP contribution in [0.3, 0.4) is 0 Å². The van der Waals surface area contributed by atoms with Gasteiger partial charge in [-0.25, -0.2) is 0 Å². The Morgan fingerprint density at radius 3 is 2.88 bits per heavy atom. The summed E-state index contributed by atoms with van der Waals surface area (Å²) in [7, 11) is 0. The molecule has 17 heavy (non-hydrogen) atoms. The van der Waals surface area contributed by atoms with Crippen molar-refractivity contribution in [1.29, 1.82) is 0 Å². The van der Waals surface area contributed by atoms with Gasteiger partial charge in [-0.1, -0.05) is 11.2 Å². The van der Waals surface area contributed by atoms with Gasteiger partial charge in [0.05, 0.1) is 9.40 Å². The Labute approximate surface area is 105 Å². The van der Waals surface area contributed by atoms with Crippen molar-refractivity contribution in [2.24, 2.45) is 10.9 Å². The summed E-state index contributed by atoms with van der Waals surface area (Å²) in [4.78, 5) is 10.2. The monoisotopic (exact) mass is 303 g/mol. The predicted molar refractivity (Wildman–Crippen MR) is 64.3 cm³/mol. The molecular formula is C9H10BrN3O4. The van der Waals surface area contributed by atoms with Crippen LogP contribution in [0.15, 0.2) is 27.8 Å². The zero-order valence-corrected chi connectivity index (χ0v) is 10.4. The van der Waals surface area contributed by atoms with E-state index in [0.717, 1.165) is 0 Å². The zero-order valence-electron chi connectivity index (χ0n) is 8.83. The number of hydrogen-bond acceptors (Lipinski definition) is 5. The van der Waals surface area contributed by atoms with Gasteiger partial charge in [0.2, 0.25) is 5.75 Å². The van der Waals surface area contributed by atoms with E-state index in [-0.39, 0.29) is 17.3 Å². The van der Waals surface area contributed by atoms with Crippen LogP contribution in [0, 0.1) is 10.1 Å². The molecule has 1 aromatic rings. The summed E-state index contributed by atoms with van der Waals surface area (Å²) in [5.74, 6) is -0.133. The number of amidine groups is 1. The Morgan fingerprint density at radius 1 is 1.71 bits per heavy atom. The number of hydrogen-bond donors (Lipinski definition) is 2. The maximum absolute atomic E-state index is 10.8. The molecule has 1 atom stereocenters. The molecular weight excluding hydrogens is 294 g/mol. The molecule has 1 aromatic carbocycles. The number of nitrogens with zero attached hydrogens (tertiary/aromatic N) is 2. The third-order valence-electron chi connectivity index (χ3n) is 1.97. The molecule has 0 amide bonds. The molecule has 0 fully saturated rings. The molecule has 0 aliphatic carbocycles. The second kappa shape index (κ2) is 5.48. The van der Waals surface area contributed by atoms with Gasteiger partial charge in [-0.05, 0) is 28.9 Å². The number of nitro benzene ring substituents is 1. The van der Waals surface area contributed by atoms with E-state index < -0.39 is 11.0 Å². The fraction of sp³-hybridized carbons (Fsp3) is 0.222. The second-order valence-corrected chi connectivity index (χ2v) is 3.98. The summed E-state index contributed by atoms with van der Waals surface area (Å²) in [6, 6.07) is 4.42. The molecule has 0 saturated heterocycles. The van der Waals surface area contributed by atoms with E-state index in [2.05, 4.69) is 21.1 Å². The highest BCUT2D eigenvalue weighted by Crippen LogP contribution is 2.35. The maximum atomic E-state index is 10.8. The number of nitro groups is 1. The summed E-state index contributed by atoms with van der Waals surface area (Å²) in [5, 5.41) is 22.0. The van der Waals surface area contributed by atoms with Crippen LogP contribution < -0.4 is 10.5 Å². The first-order chi connectivity index (χ1) is 7.97. The Kier molecular flexibility index (Phi) is 4.27. The molecule has 3 N–H and O–H groups in total. The SMILES string of the molecule is CC(Oc1c(Br)cccc1[N+](=O)[O-])/C(N)=N/O. The number of halogens is 1. The quantitative estimate of drug-likeness (QED) is 0.290. The highest BCUT2D eigenvalue weighted by atomic mass is 79.9. The van der Waals surface area contributed by atoms with E-state index in [0.29, 0.717) is 4.47 Å². The molecule has 0 bridgehead atoms. The third kappa shape index (κ3) is 3.06. The minimum absolute atomic E-state index is 0.0385. The number of rotatable bonds is 4. The van der Waals surface area contributed by atoms with Crippen molar-refractivity contribution < 1.29 is 14.9 Å². The van der Waals surface area contributed by atoms with Crippen molar-refractivity contribution in [3.05, 3.63) is 32.8 Å². The highest BCUT2D eigenvalue weighted by molar-refractivity contribution is 9.10. The van der Waals surface area contributed by atoms with Crippen molar-refractivity contribution in [1.82, 2.24) is 0 Å². The van der Waals surface area contributed by atoms with Crippen molar-refractivity contribution in [3.63, 3.8) is 0 Å². The lowest BCUT2D eigenvalue weighted by Crippen LogP contribution is -2.31. The molecule has 0 aliphatic rings. The molecule has 92 valence electrons. The van der Waals surface area contributed by atoms with E-state index in [1.807, 2.05) is 0 Å². The Bertz CT molecular complexity index is 464. The highest BCUT2D eigenvalue weighted by Gasteiger charge is 2.21. The maximum Gasteiger partial charge on any atom is 0.312 e. The lowest BCUT2D eigenvalue weighted by atomic mass is 10.3.